The molecule has 3 fully saturated rings. The number of amides is 3. The smallest absolute Gasteiger partial charge is 0.416 e. The highest BCUT2D eigenvalue weighted by Crippen LogP contribution is 2.61. The molecule has 0 aliphatic heterocycles. The Kier molecular flexibility index (Phi) is 5.11. The van der Waals surface area contributed by atoms with Gasteiger partial charge >= 0.3 is 18.8 Å². The molecule has 1 aromatic carbocycles. The molecule has 6 nitrogen and oxygen atoms in total. The molecule has 4 rings (SSSR count). The summed E-state index contributed by atoms with van der Waals surface area (Å²) in [5.41, 5.74) is 3.34. The van der Waals surface area contributed by atoms with Crippen LogP contribution in [-0.2, 0) is 17.5 Å². The second-order valence-corrected chi connectivity index (χ2v) is 7.14. The van der Waals surface area contributed by atoms with Gasteiger partial charge in [-0.25, -0.2) is 4.79 Å². The van der Waals surface area contributed by atoms with Gasteiger partial charge in [0, 0.05) is 12.1 Å². The summed E-state index contributed by atoms with van der Waals surface area (Å²) >= 11 is 0. The molecule has 0 heterocycles. The van der Waals surface area contributed by atoms with Gasteiger partial charge < -0.3 is 20.7 Å². The van der Waals surface area contributed by atoms with Gasteiger partial charge in [0.2, 0.25) is 5.91 Å². The Labute approximate surface area is 156 Å². The van der Waals surface area contributed by atoms with Crippen molar-refractivity contribution in [3.05, 3.63) is 29.3 Å². The first-order valence-electron chi connectivity index (χ1n) is 8.48. The van der Waals surface area contributed by atoms with Crippen molar-refractivity contribution in [1.82, 2.24) is 10.2 Å². The molecule has 0 radical (unpaired) electrons. The number of nitrogens with zero attached hydrogens (tertiary/aromatic N) is 1. The van der Waals surface area contributed by atoms with Crippen LogP contribution in [0.3, 0.4) is 0 Å². The number of carbonyl (C=O) groups is 2. The van der Waals surface area contributed by atoms with Gasteiger partial charge in [-0.1, -0.05) is 0 Å². The van der Waals surface area contributed by atoms with Gasteiger partial charge in [-0.3, -0.25) is 4.79 Å². The summed E-state index contributed by atoms with van der Waals surface area (Å²) in [5.74, 6) is -0.676. The van der Waals surface area contributed by atoms with Gasteiger partial charge in [-0.15, -0.1) is 0 Å². The molecule has 3 aliphatic carbocycles. The number of urea groups is 1. The number of benzene rings is 1. The van der Waals surface area contributed by atoms with E-state index in [1.54, 1.807) is 0 Å². The number of primary amides is 1. The lowest BCUT2D eigenvalue weighted by Gasteiger charge is -2.66. The number of rotatable bonds is 7. The maximum atomic E-state index is 13.1. The van der Waals surface area contributed by atoms with Crippen molar-refractivity contribution in [2.24, 2.45) is 11.7 Å². The molecule has 3 amide bonds. The number of nitrogens with two attached hydrogens (primary N) is 1. The molecule has 0 atom stereocenters. The molecule has 154 valence electrons. The SMILES string of the molecule is NC(=O)NCC(=O)N(Cc1cc(OC(F)F)cc(C(F)(F)F)c1)C12CC(C1)C2. The van der Waals surface area contributed by atoms with Crippen LogP contribution in [0.2, 0.25) is 0 Å². The summed E-state index contributed by atoms with van der Waals surface area (Å²) in [6.07, 6.45) is -2.62. The van der Waals surface area contributed by atoms with Crippen LogP contribution in [0.15, 0.2) is 18.2 Å². The zero-order chi connectivity index (χ0) is 20.7. The minimum atomic E-state index is -4.77. The van der Waals surface area contributed by atoms with Gasteiger partial charge in [0.05, 0.1) is 12.1 Å². The number of hydrogen-bond donors (Lipinski definition) is 2. The Hall–Kier alpha value is -2.59. The first-order valence-corrected chi connectivity index (χ1v) is 8.48. The molecule has 28 heavy (non-hydrogen) atoms. The molecule has 0 saturated heterocycles. The highest BCUT2D eigenvalue weighted by Gasteiger charge is 2.61. The van der Waals surface area contributed by atoms with E-state index in [2.05, 4.69) is 10.1 Å². The first-order chi connectivity index (χ1) is 13.0. The maximum absolute atomic E-state index is 13.1. The molecule has 3 saturated carbocycles. The maximum Gasteiger partial charge on any atom is 0.416 e. The van der Waals surface area contributed by atoms with Gasteiger partial charge in [0.1, 0.15) is 5.75 Å². The lowest BCUT2D eigenvalue weighted by Crippen LogP contribution is -2.70. The Bertz CT molecular complexity index is 767. The molecule has 0 unspecified atom stereocenters. The van der Waals surface area contributed by atoms with Crippen molar-refractivity contribution in [3.8, 4) is 5.75 Å². The van der Waals surface area contributed by atoms with Crippen LogP contribution < -0.4 is 15.8 Å². The highest BCUT2D eigenvalue weighted by atomic mass is 19.4. The topological polar surface area (TPSA) is 84.7 Å². The largest absolute Gasteiger partial charge is 0.435 e. The third-order valence-electron chi connectivity index (χ3n) is 5.15. The molecular formula is C17H18F5N3O3. The van der Waals surface area contributed by atoms with Crippen molar-refractivity contribution < 1.29 is 36.3 Å². The van der Waals surface area contributed by atoms with Crippen LogP contribution in [0.25, 0.3) is 0 Å². The third kappa shape index (κ3) is 4.12. The van der Waals surface area contributed by atoms with E-state index >= 15 is 0 Å². The van der Waals surface area contributed by atoms with Crippen LogP contribution in [-0.4, -0.2) is 35.5 Å². The second kappa shape index (κ2) is 7.10. The Morgan fingerprint density at radius 2 is 1.89 bits per heavy atom. The van der Waals surface area contributed by atoms with Crippen molar-refractivity contribution in [2.45, 2.75) is 44.1 Å². The predicted molar refractivity (Wildman–Crippen MR) is 86.3 cm³/mol. The fourth-order valence-corrected chi connectivity index (χ4v) is 3.81. The van der Waals surface area contributed by atoms with Crippen LogP contribution in [0.4, 0.5) is 26.7 Å². The van der Waals surface area contributed by atoms with Crippen molar-refractivity contribution in [3.63, 3.8) is 0 Å². The molecule has 0 aromatic heterocycles. The van der Waals surface area contributed by atoms with E-state index in [9.17, 15) is 31.5 Å². The van der Waals surface area contributed by atoms with Crippen LogP contribution in [0.5, 0.6) is 5.75 Å². The summed E-state index contributed by atoms with van der Waals surface area (Å²) in [5, 5.41) is 2.17. The third-order valence-corrected chi connectivity index (χ3v) is 5.15. The second-order valence-electron chi connectivity index (χ2n) is 7.14. The molecule has 3 N–H and O–H groups in total. The Balaban J connectivity index is 1.86. The van der Waals surface area contributed by atoms with E-state index in [4.69, 9.17) is 5.73 Å². The van der Waals surface area contributed by atoms with Crippen molar-refractivity contribution in [1.29, 1.82) is 0 Å². The number of alkyl halides is 5. The van der Waals surface area contributed by atoms with E-state index < -0.39 is 48.1 Å². The van der Waals surface area contributed by atoms with E-state index in [-0.39, 0.29) is 12.1 Å². The van der Waals surface area contributed by atoms with Gasteiger partial charge in [-0.2, -0.15) is 22.0 Å². The fourth-order valence-electron chi connectivity index (χ4n) is 3.81. The van der Waals surface area contributed by atoms with E-state index in [0.717, 1.165) is 12.1 Å². The first kappa shape index (κ1) is 20.2. The van der Waals surface area contributed by atoms with E-state index in [1.807, 2.05) is 0 Å². The van der Waals surface area contributed by atoms with Crippen LogP contribution >= 0.6 is 0 Å². The number of nitrogens with one attached hydrogen (secondary N) is 1. The Morgan fingerprint density at radius 3 is 2.36 bits per heavy atom. The molecule has 11 heteroatoms. The fraction of sp³-hybridized carbons (Fsp3) is 0.529. The molecular weight excluding hydrogens is 389 g/mol. The van der Waals surface area contributed by atoms with Gasteiger partial charge in [0.15, 0.2) is 0 Å². The normalized spacial score (nSPS) is 22.9. The zero-order valence-electron chi connectivity index (χ0n) is 14.6. The van der Waals surface area contributed by atoms with E-state index in [0.29, 0.717) is 31.2 Å². The highest BCUT2D eigenvalue weighted by molar-refractivity contribution is 5.84. The summed E-state index contributed by atoms with van der Waals surface area (Å²) in [4.78, 5) is 24.8. The minimum absolute atomic E-state index is 0.00243. The average Bonchev–Trinajstić information content (AvgIpc) is 2.47. The average molecular weight is 407 g/mol. The molecule has 2 bridgehead atoms. The molecule has 1 aromatic rings. The standard InChI is InChI=1S/C17H18F5N3O3/c18-14(19)28-12-2-9(1-11(3-12)17(20,21)22)8-25(13(26)7-24-15(23)27)16-4-10(5-16)6-16/h1-3,10,14H,4-8H2,(H3,23,24,27). The zero-order valence-corrected chi connectivity index (χ0v) is 14.6. The monoisotopic (exact) mass is 407 g/mol. The summed E-state index contributed by atoms with van der Waals surface area (Å²) < 4.78 is 68.5. The number of halogens is 5. The van der Waals surface area contributed by atoms with Crippen molar-refractivity contribution in [2.75, 3.05) is 6.54 Å². The number of carbonyl (C=O) groups excluding carboxylic acids is 2. The van der Waals surface area contributed by atoms with Crippen molar-refractivity contribution >= 4 is 11.9 Å². The predicted octanol–water partition coefficient (Wildman–Crippen LogP) is 2.86. The van der Waals surface area contributed by atoms with Gasteiger partial charge in [0.25, 0.3) is 0 Å². The summed E-state index contributed by atoms with van der Waals surface area (Å²) in [6.45, 7) is -3.91. The number of hydrogen-bond acceptors (Lipinski definition) is 3. The lowest BCUT2D eigenvalue weighted by molar-refractivity contribution is -0.173. The molecule has 3 aliphatic rings. The van der Waals surface area contributed by atoms with E-state index in [1.165, 1.54) is 4.90 Å². The summed E-state index contributed by atoms with van der Waals surface area (Å²) in [7, 11) is 0. The number of ether oxygens (including phenoxy) is 1. The van der Waals surface area contributed by atoms with Gasteiger partial charge in [-0.05, 0) is 48.9 Å². The minimum Gasteiger partial charge on any atom is -0.435 e. The van der Waals surface area contributed by atoms with Crippen LogP contribution in [0.1, 0.15) is 30.4 Å². The lowest BCUT2D eigenvalue weighted by atomic mass is 9.49. The summed E-state index contributed by atoms with van der Waals surface area (Å²) in [6, 6.07) is 1.43. The molecule has 0 spiro atoms. The quantitative estimate of drug-likeness (QED) is 0.682. The van der Waals surface area contributed by atoms with Crippen LogP contribution in [0, 0.1) is 5.92 Å². The Morgan fingerprint density at radius 1 is 1.25 bits per heavy atom.